The van der Waals surface area contributed by atoms with Gasteiger partial charge >= 0.3 is 0 Å². The molecule has 0 bridgehead atoms. The number of nitrogens with one attached hydrogen (secondary N) is 1. The molecule has 1 aromatic carbocycles. The van der Waals surface area contributed by atoms with Gasteiger partial charge in [0.15, 0.2) is 0 Å². The summed E-state index contributed by atoms with van der Waals surface area (Å²) < 4.78 is 1.76. The number of hydrogen-bond acceptors (Lipinski definition) is 5. The minimum absolute atomic E-state index is 0.637. The van der Waals surface area contributed by atoms with Gasteiger partial charge in [-0.1, -0.05) is 41.0 Å². The Kier molecular flexibility index (Phi) is 5.45. The van der Waals surface area contributed by atoms with Crippen molar-refractivity contribution in [2.75, 3.05) is 13.6 Å². The zero-order valence-electron chi connectivity index (χ0n) is 10.3. The largest absolute Gasteiger partial charge is 0.318 e. The van der Waals surface area contributed by atoms with Gasteiger partial charge in [0.2, 0.25) is 5.16 Å². The van der Waals surface area contributed by atoms with Gasteiger partial charge in [0.1, 0.15) is 0 Å². The van der Waals surface area contributed by atoms with Gasteiger partial charge in [-0.25, -0.2) is 4.68 Å². The van der Waals surface area contributed by atoms with Gasteiger partial charge in [-0.3, -0.25) is 0 Å². The minimum Gasteiger partial charge on any atom is -0.318 e. The zero-order chi connectivity index (χ0) is 13.7. The second-order valence-electron chi connectivity index (χ2n) is 3.78. The molecule has 19 heavy (non-hydrogen) atoms. The highest BCUT2D eigenvalue weighted by Crippen LogP contribution is 2.30. The number of nitrogens with zero attached hydrogens (tertiary/aromatic N) is 4. The maximum absolute atomic E-state index is 6.13. The fraction of sp³-hybridized carbons (Fsp3) is 0.364. The molecule has 0 aliphatic rings. The number of tetrazole rings is 1. The second kappa shape index (κ2) is 7.09. The molecule has 0 unspecified atom stereocenters. The van der Waals surface area contributed by atoms with Crippen molar-refractivity contribution >= 4 is 35.0 Å². The van der Waals surface area contributed by atoms with Crippen molar-refractivity contribution in [1.29, 1.82) is 0 Å². The highest BCUT2D eigenvalue weighted by molar-refractivity contribution is 7.98. The summed E-state index contributed by atoms with van der Waals surface area (Å²) in [5.74, 6) is 0.637. The summed E-state index contributed by atoms with van der Waals surface area (Å²) in [6.45, 7) is 1.54. The summed E-state index contributed by atoms with van der Waals surface area (Å²) in [4.78, 5) is 0. The van der Waals surface area contributed by atoms with Crippen LogP contribution in [0.4, 0.5) is 0 Å². The van der Waals surface area contributed by atoms with Crippen LogP contribution in [0.25, 0.3) is 0 Å². The van der Waals surface area contributed by atoms with E-state index in [0.29, 0.717) is 15.8 Å². The fourth-order valence-electron chi connectivity index (χ4n) is 1.46. The quantitative estimate of drug-likeness (QED) is 0.829. The first-order valence-electron chi connectivity index (χ1n) is 5.69. The Hall–Kier alpha value is -0.820. The monoisotopic (exact) mass is 317 g/mol. The number of rotatable bonds is 6. The van der Waals surface area contributed by atoms with Crippen LogP contribution < -0.4 is 5.32 Å². The molecule has 2 aromatic rings. The average Bonchev–Trinajstić information content (AvgIpc) is 2.83. The summed E-state index contributed by atoms with van der Waals surface area (Å²) in [6.07, 6.45) is 0. The molecule has 8 heteroatoms. The van der Waals surface area contributed by atoms with Gasteiger partial charge in [-0.15, -0.1) is 5.10 Å². The molecular formula is C11H13Cl2N5S. The van der Waals surface area contributed by atoms with Crippen LogP contribution in [0.2, 0.25) is 10.0 Å². The SMILES string of the molecule is CNCCn1nnnc1SCc1c(Cl)cccc1Cl. The Labute approximate surface area is 125 Å². The van der Waals surface area contributed by atoms with E-state index in [4.69, 9.17) is 23.2 Å². The summed E-state index contributed by atoms with van der Waals surface area (Å²) in [6, 6.07) is 5.48. The molecule has 0 radical (unpaired) electrons. The van der Waals surface area contributed by atoms with Crippen molar-refractivity contribution in [2.45, 2.75) is 17.5 Å². The van der Waals surface area contributed by atoms with Crippen LogP contribution >= 0.6 is 35.0 Å². The number of benzene rings is 1. The summed E-state index contributed by atoms with van der Waals surface area (Å²) in [5.41, 5.74) is 0.902. The molecule has 0 saturated heterocycles. The van der Waals surface area contributed by atoms with Crippen LogP contribution in [-0.4, -0.2) is 33.8 Å². The van der Waals surface area contributed by atoms with Crippen LogP contribution in [0, 0.1) is 0 Å². The van der Waals surface area contributed by atoms with Gasteiger partial charge < -0.3 is 5.32 Å². The molecule has 0 fully saturated rings. The van der Waals surface area contributed by atoms with Crippen molar-refractivity contribution in [3.63, 3.8) is 0 Å². The van der Waals surface area contributed by atoms with Crippen molar-refractivity contribution < 1.29 is 0 Å². The molecule has 0 aliphatic carbocycles. The Morgan fingerprint density at radius 1 is 1.32 bits per heavy atom. The third kappa shape index (κ3) is 3.82. The fourth-order valence-corrected chi connectivity index (χ4v) is 3.11. The van der Waals surface area contributed by atoms with Crippen LogP contribution in [-0.2, 0) is 12.3 Å². The van der Waals surface area contributed by atoms with E-state index in [1.165, 1.54) is 11.8 Å². The van der Waals surface area contributed by atoms with Crippen molar-refractivity contribution in [3.8, 4) is 0 Å². The smallest absolute Gasteiger partial charge is 0.209 e. The van der Waals surface area contributed by atoms with E-state index in [2.05, 4.69) is 20.8 Å². The molecule has 1 aromatic heterocycles. The third-order valence-corrected chi connectivity index (χ3v) is 4.17. The molecule has 2 rings (SSSR count). The van der Waals surface area contributed by atoms with Crippen LogP contribution in [0.5, 0.6) is 0 Å². The van der Waals surface area contributed by atoms with Crippen LogP contribution in [0.3, 0.4) is 0 Å². The standard InChI is InChI=1S/C11H13Cl2N5S/c1-14-5-6-18-11(15-16-17-18)19-7-8-9(12)3-2-4-10(8)13/h2-4,14H,5-7H2,1H3. The number of hydrogen-bond donors (Lipinski definition) is 1. The highest BCUT2D eigenvalue weighted by Gasteiger charge is 2.10. The topological polar surface area (TPSA) is 55.6 Å². The predicted octanol–water partition coefficient (Wildman–Crippen LogP) is 2.49. The molecule has 1 N–H and O–H groups in total. The van der Waals surface area contributed by atoms with E-state index in [1.54, 1.807) is 4.68 Å². The first-order valence-corrected chi connectivity index (χ1v) is 7.43. The van der Waals surface area contributed by atoms with Crippen molar-refractivity contribution in [2.24, 2.45) is 0 Å². The van der Waals surface area contributed by atoms with Crippen molar-refractivity contribution in [1.82, 2.24) is 25.5 Å². The lowest BCUT2D eigenvalue weighted by Crippen LogP contribution is -2.16. The van der Waals surface area contributed by atoms with Gasteiger partial charge in [0, 0.05) is 22.3 Å². The molecular weight excluding hydrogens is 305 g/mol. The molecule has 0 saturated carbocycles. The Bertz CT molecular complexity index is 525. The van der Waals surface area contributed by atoms with E-state index in [-0.39, 0.29) is 0 Å². The highest BCUT2D eigenvalue weighted by atomic mass is 35.5. The lowest BCUT2D eigenvalue weighted by molar-refractivity contribution is 0.530. The molecule has 0 spiro atoms. The van der Waals surface area contributed by atoms with Gasteiger partial charge in [0.05, 0.1) is 6.54 Å². The molecule has 0 amide bonds. The average molecular weight is 318 g/mol. The molecule has 0 aliphatic heterocycles. The van der Waals surface area contributed by atoms with Crippen LogP contribution in [0.1, 0.15) is 5.56 Å². The van der Waals surface area contributed by atoms with E-state index >= 15 is 0 Å². The Balaban J connectivity index is 2.04. The van der Waals surface area contributed by atoms with Gasteiger partial charge in [-0.2, -0.15) is 0 Å². The molecule has 5 nitrogen and oxygen atoms in total. The van der Waals surface area contributed by atoms with Gasteiger partial charge in [0.25, 0.3) is 0 Å². The van der Waals surface area contributed by atoms with E-state index < -0.39 is 0 Å². The van der Waals surface area contributed by atoms with Crippen molar-refractivity contribution in [3.05, 3.63) is 33.8 Å². The normalized spacial score (nSPS) is 10.9. The lowest BCUT2D eigenvalue weighted by Gasteiger charge is -2.06. The second-order valence-corrected chi connectivity index (χ2v) is 5.53. The maximum atomic E-state index is 6.13. The maximum Gasteiger partial charge on any atom is 0.209 e. The molecule has 1 heterocycles. The summed E-state index contributed by atoms with van der Waals surface area (Å²) >= 11 is 13.8. The number of thioether (sulfide) groups is 1. The number of aromatic nitrogens is 4. The Morgan fingerprint density at radius 3 is 2.74 bits per heavy atom. The van der Waals surface area contributed by atoms with E-state index in [9.17, 15) is 0 Å². The predicted molar refractivity (Wildman–Crippen MR) is 77.8 cm³/mol. The van der Waals surface area contributed by atoms with Crippen LogP contribution in [0.15, 0.2) is 23.4 Å². The first kappa shape index (κ1) is 14.6. The number of likely N-dealkylation sites (N-methyl/N-ethyl adjacent to an activating group) is 1. The Morgan fingerprint density at radius 2 is 2.05 bits per heavy atom. The third-order valence-electron chi connectivity index (χ3n) is 2.48. The van der Waals surface area contributed by atoms with Gasteiger partial charge in [-0.05, 0) is 35.2 Å². The minimum atomic E-state index is 0.637. The van der Waals surface area contributed by atoms with E-state index in [0.717, 1.165) is 23.8 Å². The summed E-state index contributed by atoms with van der Waals surface area (Å²) in [5, 5.41) is 16.8. The lowest BCUT2D eigenvalue weighted by atomic mass is 10.2. The molecule has 0 atom stereocenters. The molecule has 102 valence electrons. The number of halogens is 2. The first-order chi connectivity index (χ1) is 9.22. The zero-order valence-corrected chi connectivity index (χ0v) is 12.6. The summed E-state index contributed by atoms with van der Waals surface area (Å²) in [7, 11) is 1.89. The van der Waals surface area contributed by atoms with E-state index in [1.807, 2.05) is 25.2 Å².